The van der Waals surface area contributed by atoms with Crippen molar-refractivity contribution >= 4 is 11.7 Å². The normalized spacial score (nSPS) is 16.4. The molecule has 0 N–H and O–H groups in total. The first-order valence-corrected chi connectivity index (χ1v) is 8.34. The zero-order valence-corrected chi connectivity index (χ0v) is 14.7. The molecule has 1 aliphatic heterocycles. The maximum Gasteiger partial charge on any atom is 0.237 e. The summed E-state index contributed by atoms with van der Waals surface area (Å²) in [6.07, 6.45) is 1.54. The van der Waals surface area contributed by atoms with Crippen molar-refractivity contribution in [3.05, 3.63) is 35.9 Å². The van der Waals surface area contributed by atoms with Crippen molar-refractivity contribution < 1.29 is 9.59 Å². The topological polar surface area (TPSA) is 64.4 Å². The molecule has 128 valence electrons. The standard InChI is InChI=1S/C19H25N3O2/c1-19(2,14-20)21(3)17(23)13-22-11-9-16(10-12-22)18(24)15-7-5-4-6-8-15/h4-8,16H,9-13H2,1-3H3. The molecule has 0 bridgehead atoms. The predicted molar refractivity (Wildman–Crippen MR) is 92.4 cm³/mol. The van der Waals surface area contributed by atoms with E-state index in [0.29, 0.717) is 6.54 Å². The number of amides is 1. The summed E-state index contributed by atoms with van der Waals surface area (Å²) >= 11 is 0. The highest BCUT2D eigenvalue weighted by atomic mass is 16.2. The largest absolute Gasteiger partial charge is 0.326 e. The smallest absolute Gasteiger partial charge is 0.237 e. The Hall–Kier alpha value is -2.19. The minimum absolute atomic E-state index is 0.0343. The lowest BCUT2D eigenvalue weighted by atomic mass is 9.89. The van der Waals surface area contributed by atoms with Crippen LogP contribution in [-0.4, -0.2) is 53.7 Å². The molecule has 0 aliphatic carbocycles. The van der Waals surface area contributed by atoms with Crippen LogP contribution in [0.3, 0.4) is 0 Å². The lowest BCUT2D eigenvalue weighted by molar-refractivity contribution is -0.134. The van der Waals surface area contributed by atoms with Gasteiger partial charge in [-0.25, -0.2) is 0 Å². The van der Waals surface area contributed by atoms with Gasteiger partial charge < -0.3 is 4.90 Å². The molecule has 24 heavy (non-hydrogen) atoms. The molecular formula is C19H25N3O2. The molecule has 1 aromatic rings. The fourth-order valence-corrected chi connectivity index (χ4v) is 2.88. The average molecular weight is 327 g/mol. The van der Waals surface area contributed by atoms with Crippen molar-refractivity contribution in [1.82, 2.24) is 9.80 Å². The molecule has 2 rings (SSSR count). The number of carbonyl (C=O) groups excluding carboxylic acids is 2. The van der Waals surface area contributed by atoms with Crippen LogP contribution >= 0.6 is 0 Å². The number of hydrogen-bond donors (Lipinski definition) is 0. The molecule has 5 nitrogen and oxygen atoms in total. The summed E-state index contributed by atoms with van der Waals surface area (Å²) in [6.45, 7) is 5.23. The van der Waals surface area contributed by atoms with E-state index in [4.69, 9.17) is 5.26 Å². The number of Topliss-reactive ketones (excluding diaryl/α,β-unsaturated/α-hetero) is 1. The summed E-state index contributed by atoms with van der Waals surface area (Å²) in [5.74, 6) is 0.172. The van der Waals surface area contributed by atoms with Gasteiger partial charge in [-0.1, -0.05) is 30.3 Å². The van der Waals surface area contributed by atoms with Crippen molar-refractivity contribution in [2.45, 2.75) is 32.2 Å². The van der Waals surface area contributed by atoms with Crippen LogP contribution < -0.4 is 0 Å². The van der Waals surface area contributed by atoms with E-state index in [1.807, 2.05) is 30.3 Å². The van der Waals surface area contributed by atoms with Crippen LogP contribution in [0.1, 0.15) is 37.0 Å². The highest BCUT2D eigenvalue weighted by molar-refractivity contribution is 5.97. The second-order valence-electron chi connectivity index (χ2n) is 6.90. The minimum Gasteiger partial charge on any atom is -0.326 e. The molecule has 5 heteroatoms. The first kappa shape index (κ1) is 18.2. The summed E-state index contributed by atoms with van der Waals surface area (Å²) in [7, 11) is 1.66. The van der Waals surface area contributed by atoms with Gasteiger partial charge >= 0.3 is 0 Å². The van der Waals surface area contributed by atoms with Crippen molar-refractivity contribution in [2.75, 3.05) is 26.7 Å². The summed E-state index contributed by atoms with van der Waals surface area (Å²) in [5.41, 5.74) is -0.0406. The maximum atomic E-state index is 12.5. The summed E-state index contributed by atoms with van der Waals surface area (Å²) in [4.78, 5) is 28.4. The molecule has 0 aromatic heterocycles. The number of hydrogen-bond acceptors (Lipinski definition) is 4. The van der Waals surface area contributed by atoms with Crippen LogP contribution in [0, 0.1) is 17.2 Å². The zero-order valence-electron chi connectivity index (χ0n) is 14.7. The third kappa shape index (κ3) is 4.21. The Labute approximate surface area is 143 Å². The molecule has 0 atom stereocenters. The number of nitrogens with zero attached hydrogens (tertiary/aromatic N) is 3. The fraction of sp³-hybridized carbons (Fsp3) is 0.526. The first-order valence-electron chi connectivity index (χ1n) is 8.34. The molecule has 1 fully saturated rings. The molecule has 0 unspecified atom stereocenters. The van der Waals surface area contributed by atoms with Gasteiger partial charge in [-0.3, -0.25) is 14.5 Å². The number of benzene rings is 1. The monoisotopic (exact) mass is 327 g/mol. The highest BCUT2D eigenvalue weighted by Crippen LogP contribution is 2.22. The van der Waals surface area contributed by atoms with Gasteiger partial charge in [-0.05, 0) is 39.8 Å². The van der Waals surface area contributed by atoms with Crippen LogP contribution in [-0.2, 0) is 4.79 Å². The van der Waals surface area contributed by atoms with E-state index >= 15 is 0 Å². The lowest BCUT2D eigenvalue weighted by Crippen LogP contribution is -2.49. The highest BCUT2D eigenvalue weighted by Gasteiger charge is 2.30. The van der Waals surface area contributed by atoms with Gasteiger partial charge in [0, 0.05) is 18.5 Å². The Balaban J connectivity index is 1.86. The predicted octanol–water partition coefficient (Wildman–Crippen LogP) is 2.34. The molecule has 1 heterocycles. The number of ketones is 1. The second-order valence-corrected chi connectivity index (χ2v) is 6.90. The van der Waals surface area contributed by atoms with Crippen molar-refractivity contribution in [1.29, 1.82) is 5.26 Å². The van der Waals surface area contributed by atoms with E-state index in [2.05, 4.69) is 11.0 Å². The third-order valence-corrected chi connectivity index (χ3v) is 4.86. The van der Waals surface area contributed by atoms with Gasteiger partial charge in [0.25, 0.3) is 0 Å². The quantitative estimate of drug-likeness (QED) is 0.779. The van der Waals surface area contributed by atoms with Crippen LogP contribution in [0.15, 0.2) is 30.3 Å². The van der Waals surface area contributed by atoms with Gasteiger partial charge in [0.1, 0.15) is 5.54 Å². The first-order chi connectivity index (χ1) is 11.3. The molecule has 1 amide bonds. The maximum absolute atomic E-state index is 12.5. The number of rotatable bonds is 5. The summed E-state index contributed by atoms with van der Waals surface area (Å²) in [6, 6.07) is 11.5. The molecule has 0 saturated carbocycles. The number of likely N-dealkylation sites (N-methyl/N-ethyl adjacent to an activating group) is 1. The van der Waals surface area contributed by atoms with E-state index in [1.165, 1.54) is 4.90 Å². The molecule has 0 radical (unpaired) electrons. The molecule has 1 saturated heterocycles. The number of nitriles is 1. The summed E-state index contributed by atoms with van der Waals surface area (Å²) < 4.78 is 0. The Morgan fingerprint density at radius 1 is 1.25 bits per heavy atom. The van der Waals surface area contributed by atoms with Gasteiger partial charge in [0.05, 0.1) is 12.6 Å². The van der Waals surface area contributed by atoms with Gasteiger partial charge in [-0.2, -0.15) is 5.26 Å². The van der Waals surface area contributed by atoms with Crippen LogP contribution in [0.5, 0.6) is 0 Å². The number of piperidine rings is 1. The van der Waals surface area contributed by atoms with Crippen molar-refractivity contribution in [3.63, 3.8) is 0 Å². The molecule has 1 aliphatic rings. The Bertz CT molecular complexity index is 626. The van der Waals surface area contributed by atoms with E-state index < -0.39 is 5.54 Å². The van der Waals surface area contributed by atoms with E-state index in [1.54, 1.807) is 20.9 Å². The van der Waals surface area contributed by atoms with Crippen molar-refractivity contribution in [3.8, 4) is 6.07 Å². The SMILES string of the molecule is CN(C(=O)CN1CCC(C(=O)c2ccccc2)CC1)C(C)(C)C#N. The zero-order chi connectivity index (χ0) is 17.7. The minimum atomic E-state index is -0.807. The van der Waals surface area contributed by atoms with Crippen molar-refractivity contribution in [2.24, 2.45) is 5.92 Å². The summed E-state index contributed by atoms with van der Waals surface area (Å²) in [5, 5.41) is 9.13. The number of likely N-dealkylation sites (tertiary alicyclic amines) is 1. The second kappa shape index (κ2) is 7.59. The Morgan fingerprint density at radius 2 is 1.83 bits per heavy atom. The number of carbonyl (C=O) groups is 2. The average Bonchev–Trinajstić information content (AvgIpc) is 2.61. The van der Waals surface area contributed by atoms with Crippen LogP contribution in [0.2, 0.25) is 0 Å². The third-order valence-electron chi connectivity index (χ3n) is 4.86. The van der Waals surface area contributed by atoms with Crippen LogP contribution in [0.25, 0.3) is 0 Å². The van der Waals surface area contributed by atoms with E-state index in [9.17, 15) is 9.59 Å². The van der Waals surface area contributed by atoms with E-state index in [0.717, 1.165) is 31.5 Å². The molecular weight excluding hydrogens is 302 g/mol. The van der Waals surface area contributed by atoms with Gasteiger partial charge in [0.2, 0.25) is 5.91 Å². The molecule has 1 aromatic carbocycles. The van der Waals surface area contributed by atoms with Gasteiger partial charge in [0.15, 0.2) is 5.78 Å². The lowest BCUT2D eigenvalue weighted by Gasteiger charge is -2.34. The molecule has 0 spiro atoms. The fourth-order valence-electron chi connectivity index (χ4n) is 2.88. The van der Waals surface area contributed by atoms with Crippen LogP contribution in [0.4, 0.5) is 0 Å². The van der Waals surface area contributed by atoms with Gasteiger partial charge in [-0.15, -0.1) is 0 Å². The Morgan fingerprint density at radius 3 is 2.38 bits per heavy atom. The van der Waals surface area contributed by atoms with E-state index in [-0.39, 0.29) is 17.6 Å². The Kier molecular flexibility index (Phi) is 5.74.